The number of fused-ring (bicyclic) bond motifs is 1. The molecule has 3 rings (SSSR count). The Bertz CT molecular complexity index is 831. The van der Waals surface area contributed by atoms with E-state index in [1.54, 1.807) is 12.3 Å². The van der Waals surface area contributed by atoms with E-state index in [1.165, 1.54) is 6.07 Å². The Morgan fingerprint density at radius 3 is 2.81 bits per heavy atom. The molecule has 0 aliphatic heterocycles. The van der Waals surface area contributed by atoms with E-state index < -0.39 is 5.91 Å². The van der Waals surface area contributed by atoms with Crippen LogP contribution in [0.5, 0.6) is 0 Å². The summed E-state index contributed by atoms with van der Waals surface area (Å²) in [5.74, 6) is -0.199. The summed E-state index contributed by atoms with van der Waals surface area (Å²) >= 11 is 0. The lowest BCUT2D eigenvalue weighted by molar-refractivity contribution is 0.0996. The number of benzene rings is 1. The maximum atomic E-state index is 11.2. The van der Waals surface area contributed by atoms with Crippen molar-refractivity contribution in [1.82, 2.24) is 9.97 Å². The van der Waals surface area contributed by atoms with Gasteiger partial charge in [0.1, 0.15) is 5.69 Å². The molecule has 0 saturated carbocycles. The van der Waals surface area contributed by atoms with Crippen molar-refractivity contribution in [3.05, 3.63) is 54.4 Å². The van der Waals surface area contributed by atoms with Crippen LogP contribution >= 0.6 is 0 Å². The molecule has 6 heteroatoms. The second-order valence-electron chi connectivity index (χ2n) is 4.53. The van der Waals surface area contributed by atoms with Crippen molar-refractivity contribution in [1.29, 1.82) is 0 Å². The Morgan fingerprint density at radius 1 is 1.14 bits per heavy atom. The minimum absolute atomic E-state index is 0.161. The first kappa shape index (κ1) is 12.9. The van der Waals surface area contributed by atoms with Crippen molar-refractivity contribution < 1.29 is 4.79 Å². The molecule has 0 aliphatic rings. The van der Waals surface area contributed by atoms with Crippen LogP contribution in [0, 0.1) is 0 Å². The van der Waals surface area contributed by atoms with Crippen molar-refractivity contribution in [3.8, 4) is 0 Å². The smallest absolute Gasteiger partial charge is 0.267 e. The predicted octanol–water partition coefficient (Wildman–Crippen LogP) is 2.05. The monoisotopic (exact) mass is 279 g/mol. The molecule has 2 aromatic heterocycles. The number of nitrogens with one attached hydrogen (secondary N) is 1. The molecule has 5 N–H and O–H groups in total. The van der Waals surface area contributed by atoms with Crippen LogP contribution in [0.15, 0.2) is 48.7 Å². The Hall–Kier alpha value is -3.15. The molecule has 0 radical (unpaired) electrons. The van der Waals surface area contributed by atoms with Crippen LogP contribution in [0.1, 0.15) is 10.5 Å². The third-order valence-corrected chi connectivity index (χ3v) is 3.04. The Labute approximate surface area is 120 Å². The maximum absolute atomic E-state index is 11.2. The Balaban J connectivity index is 1.98. The largest absolute Gasteiger partial charge is 0.396 e. The number of primary amides is 1. The second kappa shape index (κ2) is 5.09. The summed E-state index contributed by atoms with van der Waals surface area (Å²) in [4.78, 5) is 19.6. The van der Waals surface area contributed by atoms with E-state index in [0.29, 0.717) is 11.5 Å². The number of carbonyl (C=O) groups is 1. The van der Waals surface area contributed by atoms with E-state index in [-0.39, 0.29) is 5.69 Å². The van der Waals surface area contributed by atoms with Gasteiger partial charge in [0, 0.05) is 17.3 Å². The molecular formula is C15H13N5O. The number of pyridine rings is 2. The quantitative estimate of drug-likeness (QED) is 0.680. The molecule has 6 nitrogen and oxygen atoms in total. The van der Waals surface area contributed by atoms with Gasteiger partial charge in [-0.1, -0.05) is 6.07 Å². The van der Waals surface area contributed by atoms with Crippen LogP contribution in [0.3, 0.4) is 0 Å². The molecule has 2 heterocycles. The molecule has 0 unspecified atom stereocenters. The summed E-state index contributed by atoms with van der Waals surface area (Å²) in [5, 5.41) is 4.08. The number of hydrogen-bond donors (Lipinski definition) is 3. The molecule has 1 aromatic carbocycles. The summed E-state index contributed by atoms with van der Waals surface area (Å²) in [5.41, 5.74) is 13.4. The normalized spacial score (nSPS) is 10.5. The molecule has 0 fully saturated rings. The molecule has 3 aromatic rings. The average Bonchev–Trinajstić information content (AvgIpc) is 2.49. The predicted molar refractivity (Wildman–Crippen MR) is 82.2 cm³/mol. The number of rotatable bonds is 3. The van der Waals surface area contributed by atoms with Gasteiger partial charge in [0.2, 0.25) is 0 Å². The number of hydrogen-bond acceptors (Lipinski definition) is 5. The van der Waals surface area contributed by atoms with Crippen LogP contribution in [-0.2, 0) is 0 Å². The zero-order valence-corrected chi connectivity index (χ0v) is 11.1. The molecule has 0 atom stereocenters. The third kappa shape index (κ3) is 2.59. The summed E-state index contributed by atoms with van der Waals surface area (Å²) in [7, 11) is 0. The number of aromatic nitrogens is 2. The lowest BCUT2D eigenvalue weighted by Crippen LogP contribution is -2.14. The molecule has 0 spiro atoms. The van der Waals surface area contributed by atoms with E-state index in [9.17, 15) is 4.79 Å². The van der Waals surface area contributed by atoms with Crippen LogP contribution in [0.25, 0.3) is 10.9 Å². The third-order valence-electron chi connectivity index (χ3n) is 3.04. The maximum Gasteiger partial charge on any atom is 0.267 e. The van der Waals surface area contributed by atoms with E-state index in [4.69, 9.17) is 11.5 Å². The first-order chi connectivity index (χ1) is 10.1. The topological polar surface area (TPSA) is 107 Å². The highest BCUT2D eigenvalue weighted by Gasteiger charge is 2.07. The van der Waals surface area contributed by atoms with Crippen molar-refractivity contribution in [3.63, 3.8) is 0 Å². The number of carbonyl (C=O) groups excluding carboxylic acids is 1. The van der Waals surface area contributed by atoms with Gasteiger partial charge in [0.25, 0.3) is 5.91 Å². The van der Waals surface area contributed by atoms with Gasteiger partial charge >= 0.3 is 0 Å². The molecule has 0 bridgehead atoms. The molecule has 104 valence electrons. The fraction of sp³-hybridized carbons (Fsp3) is 0. The van der Waals surface area contributed by atoms with Gasteiger partial charge in [0.15, 0.2) is 5.82 Å². The minimum Gasteiger partial charge on any atom is -0.396 e. The van der Waals surface area contributed by atoms with Crippen molar-refractivity contribution in [2.75, 3.05) is 11.1 Å². The van der Waals surface area contributed by atoms with Crippen LogP contribution < -0.4 is 16.8 Å². The number of amides is 1. The highest BCUT2D eigenvalue weighted by Crippen LogP contribution is 2.23. The molecule has 1 amide bonds. The molecule has 0 aliphatic carbocycles. The van der Waals surface area contributed by atoms with Gasteiger partial charge < -0.3 is 16.8 Å². The first-order valence-corrected chi connectivity index (χ1v) is 6.31. The average molecular weight is 279 g/mol. The van der Waals surface area contributed by atoms with Crippen molar-refractivity contribution >= 4 is 34.0 Å². The first-order valence-electron chi connectivity index (χ1n) is 6.31. The minimum atomic E-state index is -0.597. The van der Waals surface area contributed by atoms with Gasteiger partial charge in [0.05, 0.1) is 11.2 Å². The summed E-state index contributed by atoms with van der Waals surface area (Å²) < 4.78 is 0. The summed E-state index contributed by atoms with van der Waals surface area (Å²) in [6.45, 7) is 0. The van der Waals surface area contributed by atoms with Gasteiger partial charge in [-0.05, 0) is 36.4 Å². The lowest BCUT2D eigenvalue weighted by atomic mass is 10.2. The molecule has 0 saturated heterocycles. The van der Waals surface area contributed by atoms with E-state index in [1.807, 2.05) is 30.3 Å². The fourth-order valence-corrected chi connectivity index (χ4v) is 2.00. The summed E-state index contributed by atoms with van der Waals surface area (Å²) in [6.07, 6.45) is 1.74. The number of nitrogens with two attached hydrogens (primary N) is 2. The van der Waals surface area contributed by atoms with Gasteiger partial charge in [-0.15, -0.1) is 0 Å². The van der Waals surface area contributed by atoms with E-state index in [0.717, 1.165) is 16.6 Å². The zero-order valence-electron chi connectivity index (χ0n) is 11.1. The van der Waals surface area contributed by atoms with Gasteiger partial charge in [-0.25, -0.2) is 4.98 Å². The standard InChI is InChI=1S/C15H13N5O/c16-11-4-6-13(14(17)21)20-15(11)19-10-3-5-12-9(8-10)2-1-7-18-12/h1-8H,16H2,(H2,17,21)(H,19,20). The van der Waals surface area contributed by atoms with E-state index >= 15 is 0 Å². The highest BCUT2D eigenvalue weighted by atomic mass is 16.1. The molecular weight excluding hydrogens is 266 g/mol. The highest BCUT2D eigenvalue weighted by molar-refractivity contribution is 5.92. The zero-order chi connectivity index (χ0) is 14.8. The Kier molecular flexibility index (Phi) is 3.12. The fourth-order valence-electron chi connectivity index (χ4n) is 2.00. The van der Waals surface area contributed by atoms with Crippen LogP contribution in [-0.4, -0.2) is 15.9 Å². The van der Waals surface area contributed by atoms with Gasteiger partial charge in [-0.2, -0.15) is 0 Å². The van der Waals surface area contributed by atoms with E-state index in [2.05, 4.69) is 15.3 Å². The van der Waals surface area contributed by atoms with Crippen molar-refractivity contribution in [2.24, 2.45) is 5.73 Å². The number of nitrogens with zero attached hydrogens (tertiary/aromatic N) is 2. The van der Waals surface area contributed by atoms with Gasteiger partial charge in [-0.3, -0.25) is 9.78 Å². The van der Waals surface area contributed by atoms with Crippen LogP contribution in [0.4, 0.5) is 17.2 Å². The second-order valence-corrected chi connectivity index (χ2v) is 4.53. The Morgan fingerprint density at radius 2 is 2.00 bits per heavy atom. The lowest BCUT2D eigenvalue weighted by Gasteiger charge is -2.10. The SMILES string of the molecule is NC(=O)c1ccc(N)c(Nc2ccc3ncccc3c2)n1. The number of anilines is 3. The molecule has 21 heavy (non-hydrogen) atoms. The summed E-state index contributed by atoms with van der Waals surface area (Å²) in [6, 6.07) is 12.6. The number of nitrogen functional groups attached to an aromatic ring is 1. The van der Waals surface area contributed by atoms with Crippen molar-refractivity contribution in [2.45, 2.75) is 0 Å². The van der Waals surface area contributed by atoms with Crippen LogP contribution in [0.2, 0.25) is 0 Å².